The number of furan rings is 1. The molecule has 2 fully saturated rings. The molecule has 0 spiro atoms. The standard InChI is InChI=1S/C14H19NO3/c16-14-15-11(9-10-5-2-1-3-6-10)13(18-14)12-7-4-8-17-12/h4,7-8,10-11,13H,1-3,5-6,9H2,(H,15,16)/t11-,13+/m1/s1. The molecule has 2 aliphatic rings. The summed E-state index contributed by atoms with van der Waals surface area (Å²) in [6, 6.07) is 3.77. The van der Waals surface area contributed by atoms with Crippen LogP contribution in [0.15, 0.2) is 22.8 Å². The molecule has 1 amide bonds. The zero-order valence-corrected chi connectivity index (χ0v) is 10.4. The zero-order chi connectivity index (χ0) is 12.4. The second-order valence-corrected chi connectivity index (χ2v) is 5.33. The Morgan fingerprint density at radius 2 is 2.11 bits per heavy atom. The van der Waals surface area contributed by atoms with Crippen molar-refractivity contribution in [3.05, 3.63) is 24.2 Å². The van der Waals surface area contributed by atoms with Crippen molar-refractivity contribution in [2.24, 2.45) is 5.92 Å². The van der Waals surface area contributed by atoms with Gasteiger partial charge in [0.15, 0.2) is 6.10 Å². The molecule has 1 saturated heterocycles. The van der Waals surface area contributed by atoms with Gasteiger partial charge < -0.3 is 14.5 Å². The van der Waals surface area contributed by atoms with Crippen LogP contribution in [-0.4, -0.2) is 12.1 Å². The number of nitrogens with one attached hydrogen (secondary N) is 1. The van der Waals surface area contributed by atoms with Gasteiger partial charge in [0.05, 0.1) is 12.3 Å². The Kier molecular flexibility index (Phi) is 3.26. The molecule has 4 nitrogen and oxygen atoms in total. The summed E-state index contributed by atoms with van der Waals surface area (Å²) in [6.07, 6.45) is 8.58. The number of rotatable bonds is 3. The summed E-state index contributed by atoms with van der Waals surface area (Å²) < 4.78 is 10.7. The average molecular weight is 249 g/mol. The van der Waals surface area contributed by atoms with Crippen LogP contribution in [-0.2, 0) is 4.74 Å². The van der Waals surface area contributed by atoms with E-state index in [0.717, 1.165) is 12.2 Å². The number of alkyl carbamates (subject to hydrolysis) is 1. The third-order valence-corrected chi connectivity index (χ3v) is 4.04. The van der Waals surface area contributed by atoms with Crippen molar-refractivity contribution in [1.29, 1.82) is 0 Å². The number of hydrogen-bond donors (Lipinski definition) is 1. The average Bonchev–Trinajstić information content (AvgIpc) is 3.00. The monoisotopic (exact) mass is 249 g/mol. The van der Waals surface area contributed by atoms with Gasteiger partial charge in [-0.25, -0.2) is 4.79 Å². The van der Waals surface area contributed by atoms with Gasteiger partial charge in [-0.2, -0.15) is 0 Å². The van der Waals surface area contributed by atoms with E-state index < -0.39 is 0 Å². The Bertz CT molecular complexity index is 395. The third kappa shape index (κ3) is 2.37. The van der Waals surface area contributed by atoms with Crippen LogP contribution in [0, 0.1) is 5.92 Å². The molecule has 98 valence electrons. The van der Waals surface area contributed by atoms with E-state index in [1.807, 2.05) is 12.1 Å². The summed E-state index contributed by atoms with van der Waals surface area (Å²) >= 11 is 0. The third-order valence-electron chi connectivity index (χ3n) is 4.04. The smallest absolute Gasteiger partial charge is 0.408 e. The Morgan fingerprint density at radius 3 is 2.83 bits per heavy atom. The van der Waals surface area contributed by atoms with Gasteiger partial charge in [0.1, 0.15) is 5.76 Å². The van der Waals surface area contributed by atoms with E-state index in [1.54, 1.807) is 6.26 Å². The van der Waals surface area contributed by atoms with Gasteiger partial charge in [-0.15, -0.1) is 0 Å². The molecule has 1 saturated carbocycles. The maximum Gasteiger partial charge on any atom is 0.408 e. The highest BCUT2D eigenvalue weighted by Gasteiger charge is 2.38. The Morgan fingerprint density at radius 1 is 1.28 bits per heavy atom. The normalized spacial score (nSPS) is 29.0. The first-order valence-corrected chi connectivity index (χ1v) is 6.83. The van der Waals surface area contributed by atoms with E-state index in [-0.39, 0.29) is 18.2 Å². The molecule has 3 rings (SSSR count). The number of hydrogen-bond acceptors (Lipinski definition) is 3. The van der Waals surface area contributed by atoms with E-state index in [0.29, 0.717) is 5.92 Å². The van der Waals surface area contributed by atoms with E-state index in [9.17, 15) is 4.79 Å². The van der Waals surface area contributed by atoms with Crippen LogP contribution < -0.4 is 5.32 Å². The zero-order valence-electron chi connectivity index (χ0n) is 10.4. The molecular formula is C14H19NO3. The van der Waals surface area contributed by atoms with Gasteiger partial charge in [-0.3, -0.25) is 0 Å². The number of cyclic esters (lactones) is 1. The molecule has 0 bridgehead atoms. The predicted molar refractivity (Wildman–Crippen MR) is 66.0 cm³/mol. The summed E-state index contributed by atoms with van der Waals surface area (Å²) in [5.74, 6) is 1.46. The predicted octanol–water partition coefficient (Wildman–Crippen LogP) is 3.40. The molecule has 2 heterocycles. The van der Waals surface area contributed by atoms with Crippen molar-refractivity contribution in [2.45, 2.75) is 50.7 Å². The molecular weight excluding hydrogens is 230 g/mol. The lowest BCUT2D eigenvalue weighted by atomic mass is 9.83. The first-order chi connectivity index (χ1) is 8.83. The minimum absolute atomic E-state index is 0.0618. The van der Waals surface area contributed by atoms with Gasteiger partial charge >= 0.3 is 6.09 Å². The van der Waals surface area contributed by atoms with Crippen molar-refractivity contribution in [3.8, 4) is 0 Å². The lowest BCUT2D eigenvalue weighted by molar-refractivity contribution is 0.111. The highest BCUT2D eigenvalue weighted by Crippen LogP contribution is 2.34. The van der Waals surface area contributed by atoms with E-state index in [4.69, 9.17) is 9.15 Å². The van der Waals surface area contributed by atoms with Gasteiger partial charge in [0.25, 0.3) is 0 Å². The summed E-state index contributed by atoms with van der Waals surface area (Å²) in [7, 11) is 0. The van der Waals surface area contributed by atoms with Crippen molar-refractivity contribution >= 4 is 6.09 Å². The molecule has 0 aromatic carbocycles. The lowest BCUT2D eigenvalue weighted by Crippen LogP contribution is -2.30. The summed E-state index contributed by atoms with van der Waals surface area (Å²) in [4.78, 5) is 11.4. The molecule has 0 unspecified atom stereocenters. The maximum absolute atomic E-state index is 11.4. The van der Waals surface area contributed by atoms with Gasteiger partial charge in [0.2, 0.25) is 0 Å². The van der Waals surface area contributed by atoms with Crippen LogP contribution in [0.5, 0.6) is 0 Å². The fourth-order valence-corrected chi connectivity index (χ4v) is 3.13. The van der Waals surface area contributed by atoms with Gasteiger partial charge in [-0.1, -0.05) is 32.1 Å². The van der Waals surface area contributed by atoms with Crippen LogP contribution >= 0.6 is 0 Å². The molecule has 2 atom stereocenters. The van der Waals surface area contributed by atoms with Crippen LogP contribution in [0.2, 0.25) is 0 Å². The quantitative estimate of drug-likeness (QED) is 0.893. The van der Waals surface area contributed by atoms with Crippen molar-refractivity contribution in [3.63, 3.8) is 0 Å². The Labute approximate surface area is 107 Å². The largest absolute Gasteiger partial charge is 0.465 e. The van der Waals surface area contributed by atoms with E-state index >= 15 is 0 Å². The van der Waals surface area contributed by atoms with Gasteiger partial charge in [-0.05, 0) is 24.5 Å². The van der Waals surface area contributed by atoms with Gasteiger partial charge in [0, 0.05) is 0 Å². The second-order valence-electron chi connectivity index (χ2n) is 5.33. The molecule has 1 aliphatic heterocycles. The Balaban J connectivity index is 1.67. The summed E-state index contributed by atoms with van der Waals surface area (Å²) in [5, 5.41) is 2.92. The first-order valence-electron chi connectivity index (χ1n) is 6.83. The van der Waals surface area contributed by atoms with Crippen LogP contribution in [0.1, 0.15) is 50.4 Å². The van der Waals surface area contributed by atoms with Crippen molar-refractivity contribution < 1.29 is 13.9 Å². The number of amides is 1. The molecule has 18 heavy (non-hydrogen) atoms. The van der Waals surface area contributed by atoms with Crippen LogP contribution in [0.3, 0.4) is 0 Å². The minimum atomic E-state index is -0.322. The second kappa shape index (κ2) is 5.04. The SMILES string of the molecule is O=C1N[C@H](CC2CCCCC2)[C@@H](c2ccco2)O1. The summed E-state index contributed by atoms with van der Waals surface area (Å²) in [6.45, 7) is 0. The number of ether oxygens (including phenoxy) is 1. The fourth-order valence-electron chi connectivity index (χ4n) is 3.13. The molecule has 1 N–H and O–H groups in total. The van der Waals surface area contributed by atoms with Crippen LogP contribution in [0.4, 0.5) is 4.79 Å². The van der Waals surface area contributed by atoms with Crippen molar-refractivity contribution in [2.75, 3.05) is 0 Å². The molecule has 1 aliphatic carbocycles. The number of carbonyl (C=O) groups excluding carboxylic acids is 1. The maximum atomic E-state index is 11.4. The van der Waals surface area contributed by atoms with Crippen molar-refractivity contribution in [1.82, 2.24) is 5.32 Å². The highest BCUT2D eigenvalue weighted by molar-refractivity contribution is 5.70. The topological polar surface area (TPSA) is 51.5 Å². The molecule has 0 radical (unpaired) electrons. The van der Waals surface area contributed by atoms with E-state index in [2.05, 4.69) is 5.32 Å². The van der Waals surface area contributed by atoms with E-state index in [1.165, 1.54) is 32.1 Å². The fraction of sp³-hybridized carbons (Fsp3) is 0.643. The molecule has 1 aromatic rings. The summed E-state index contributed by atoms with van der Waals surface area (Å²) in [5.41, 5.74) is 0. The minimum Gasteiger partial charge on any atom is -0.465 e. The highest BCUT2D eigenvalue weighted by atomic mass is 16.6. The molecule has 1 aromatic heterocycles. The molecule has 4 heteroatoms. The first kappa shape index (κ1) is 11.6. The van der Waals surface area contributed by atoms with Crippen LogP contribution in [0.25, 0.3) is 0 Å². The Hall–Kier alpha value is -1.45. The number of carbonyl (C=O) groups is 1. The lowest BCUT2D eigenvalue weighted by Gasteiger charge is -2.25.